The molecule has 1 atom stereocenters. The maximum absolute atomic E-state index is 11.7. The maximum Gasteiger partial charge on any atom is 0.154 e. The molecule has 0 aliphatic rings. The van der Waals surface area contributed by atoms with Gasteiger partial charge in [-0.3, -0.25) is 11.3 Å². The third-order valence-electron chi connectivity index (χ3n) is 3.40. The van der Waals surface area contributed by atoms with Crippen molar-refractivity contribution < 1.29 is 8.42 Å². The number of nitrogens with two attached hydrogens (primary N) is 1. The number of allylic oxidation sites excluding steroid dienone is 1. The van der Waals surface area contributed by atoms with E-state index in [-0.39, 0.29) is 6.04 Å². The minimum Gasteiger partial charge on any atom is -0.271 e. The monoisotopic (exact) mass is 262 g/mol. The van der Waals surface area contributed by atoms with Gasteiger partial charge in [-0.05, 0) is 33.1 Å². The van der Waals surface area contributed by atoms with Gasteiger partial charge in [0.25, 0.3) is 0 Å². The van der Waals surface area contributed by atoms with Gasteiger partial charge in [-0.15, -0.1) is 6.58 Å². The lowest BCUT2D eigenvalue weighted by Crippen LogP contribution is -2.53. The van der Waals surface area contributed by atoms with Crippen LogP contribution in [0.25, 0.3) is 0 Å². The predicted molar refractivity (Wildman–Crippen MR) is 73.3 cm³/mol. The van der Waals surface area contributed by atoms with Crippen LogP contribution in [0, 0.1) is 0 Å². The second-order valence-electron chi connectivity index (χ2n) is 5.02. The molecular formula is C12H26N2O2S. The number of hydrazine groups is 1. The Morgan fingerprint density at radius 2 is 1.94 bits per heavy atom. The minimum atomic E-state index is -3.12. The molecule has 0 rings (SSSR count). The molecule has 0 aromatic heterocycles. The first-order valence-electron chi connectivity index (χ1n) is 6.04. The fourth-order valence-corrected chi connectivity index (χ4v) is 2.41. The average Bonchev–Trinajstić information content (AvgIpc) is 2.21. The number of unbranched alkanes of at least 4 members (excludes halogenated alkanes) is 3. The summed E-state index contributed by atoms with van der Waals surface area (Å²) in [5, 5.41) is 0. The molecule has 0 saturated heterocycles. The Hall–Kier alpha value is -0.390. The summed E-state index contributed by atoms with van der Waals surface area (Å²) in [4.78, 5) is 0. The molecule has 0 radical (unpaired) electrons. The summed E-state index contributed by atoms with van der Waals surface area (Å²) in [6, 6.07) is -0.207. The van der Waals surface area contributed by atoms with Crippen molar-refractivity contribution >= 4 is 9.84 Å². The summed E-state index contributed by atoms with van der Waals surface area (Å²) < 4.78 is 22.5. The molecule has 5 heteroatoms. The van der Waals surface area contributed by atoms with Crippen molar-refractivity contribution in [1.82, 2.24) is 5.43 Å². The van der Waals surface area contributed by atoms with Crippen molar-refractivity contribution in [2.45, 2.75) is 56.7 Å². The molecule has 17 heavy (non-hydrogen) atoms. The Kier molecular flexibility index (Phi) is 6.97. The van der Waals surface area contributed by atoms with E-state index in [1.165, 1.54) is 6.26 Å². The molecule has 0 aliphatic heterocycles. The van der Waals surface area contributed by atoms with Crippen LogP contribution in [-0.4, -0.2) is 25.5 Å². The van der Waals surface area contributed by atoms with E-state index in [1.807, 2.05) is 6.08 Å². The third kappa shape index (κ3) is 5.19. The molecule has 3 N–H and O–H groups in total. The lowest BCUT2D eigenvalue weighted by atomic mass is 9.97. The largest absolute Gasteiger partial charge is 0.271 e. The van der Waals surface area contributed by atoms with E-state index < -0.39 is 14.6 Å². The molecule has 0 aromatic carbocycles. The molecule has 1 unspecified atom stereocenters. The Morgan fingerprint density at radius 1 is 1.35 bits per heavy atom. The van der Waals surface area contributed by atoms with Gasteiger partial charge in [0, 0.05) is 12.3 Å². The minimum absolute atomic E-state index is 0.207. The number of hydrogen-bond donors (Lipinski definition) is 2. The smallest absolute Gasteiger partial charge is 0.154 e. The molecule has 0 spiro atoms. The highest BCUT2D eigenvalue weighted by molar-refractivity contribution is 7.92. The quantitative estimate of drug-likeness (QED) is 0.287. The first kappa shape index (κ1) is 16.6. The number of hydrogen-bond acceptors (Lipinski definition) is 4. The van der Waals surface area contributed by atoms with Crippen molar-refractivity contribution in [2.75, 3.05) is 6.26 Å². The lowest BCUT2D eigenvalue weighted by Gasteiger charge is -2.32. The van der Waals surface area contributed by atoms with E-state index in [2.05, 4.69) is 12.0 Å². The highest BCUT2D eigenvalue weighted by Crippen LogP contribution is 2.23. The molecular weight excluding hydrogens is 236 g/mol. The van der Waals surface area contributed by atoms with Crippen LogP contribution in [0.15, 0.2) is 12.7 Å². The van der Waals surface area contributed by atoms with Gasteiger partial charge in [0.2, 0.25) is 0 Å². The summed E-state index contributed by atoms with van der Waals surface area (Å²) in [6.45, 7) is 7.11. The summed E-state index contributed by atoms with van der Waals surface area (Å²) in [5.74, 6) is 5.47. The van der Waals surface area contributed by atoms with Gasteiger partial charge in [-0.2, -0.15) is 0 Å². The molecule has 0 fully saturated rings. The molecule has 0 aromatic rings. The van der Waals surface area contributed by atoms with E-state index in [0.717, 1.165) is 32.1 Å². The van der Waals surface area contributed by atoms with Crippen LogP contribution >= 0.6 is 0 Å². The van der Waals surface area contributed by atoms with Crippen LogP contribution in [0.3, 0.4) is 0 Å². The zero-order valence-corrected chi connectivity index (χ0v) is 12.0. The van der Waals surface area contributed by atoms with Gasteiger partial charge >= 0.3 is 0 Å². The Balaban J connectivity index is 4.29. The van der Waals surface area contributed by atoms with Crippen LogP contribution in [0.4, 0.5) is 0 Å². The van der Waals surface area contributed by atoms with Crippen LogP contribution in [0.1, 0.15) is 46.0 Å². The standard InChI is InChI=1S/C12H26N2O2S/c1-5-6-7-8-9-10-11(14-13)12(2,3)17(4,15)16/h5,11,14H,1,6-10,13H2,2-4H3. The molecule has 0 saturated carbocycles. The van der Waals surface area contributed by atoms with Crippen molar-refractivity contribution in [2.24, 2.45) is 5.84 Å². The van der Waals surface area contributed by atoms with Gasteiger partial charge in [-0.25, -0.2) is 8.42 Å². The van der Waals surface area contributed by atoms with E-state index in [0.29, 0.717) is 0 Å². The summed E-state index contributed by atoms with van der Waals surface area (Å²) in [6.07, 6.45) is 8.09. The zero-order valence-electron chi connectivity index (χ0n) is 11.2. The van der Waals surface area contributed by atoms with Crippen LogP contribution in [-0.2, 0) is 9.84 Å². The van der Waals surface area contributed by atoms with Crippen molar-refractivity contribution in [3.05, 3.63) is 12.7 Å². The van der Waals surface area contributed by atoms with E-state index in [4.69, 9.17) is 5.84 Å². The van der Waals surface area contributed by atoms with Crippen LogP contribution < -0.4 is 11.3 Å². The SMILES string of the molecule is C=CCCCCCC(NN)C(C)(C)S(C)(=O)=O. The maximum atomic E-state index is 11.7. The van der Waals surface area contributed by atoms with E-state index in [1.54, 1.807) is 13.8 Å². The van der Waals surface area contributed by atoms with Gasteiger partial charge in [-0.1, -0.05) is 18.9 Å². The molecule has 102 valence electrons. The molecule has 0 bridgehead atoms. The summed E-state index contributed by atoms with van der Waals surface area (Å²) in [5.41, 5.74) is 2.64. The zero-order chi connectivity index (χ0) is 13.5. The Bertz CT molecular complexity index is 323. The van der Waals surface area contributed by atoms with E-state index in [9.17, 15) is 8.42 Å². The Labute approximate surface area is 106 Å². The van der Waals surface area contributed by atoms with Gasteiger partial charge < -0.3 is 0 Å². The number of rotatable bonds is 9. The molecule has 0 heterocycles. The van der Waals surface area contributed by atoms with Crippen molar-refractivity contribution in [3.63, 3.8) is 0 Å². The molecule has 0 amide bonds. The Morgan fingerprint density at radius 3 is 2.35 bits per heavy atom. The summed E-state index contributed by atoms with van der Waals surface area (Å²) in [7, 11) is -3.12. The van der Waals surface area contributed by atoms with Crippen LogP contribution in [0.5, 0.6) is 0 Å². The molecule has 4 nitrogen and oxygen atoms in total. The van der Waals surface area contributed by atoms with Gasteiger partial charge in [0.1, 0.15) is 0 Å². The van der Waals surface area contributed by atoms with Crippen molar-refractivity contribution in [1.29, 1.82) is 0 Å². The number of sulfone groups is 1. The third-order valence-corrected chi connectivity index (χ3v) is 5.59. The highest BCUT2D eigenvalue weighted by Gasteiger charge is 2.37. The second kappa shape index (κ2) is 7.13. The first-order chi connectivity index (χ1) is 7.77. The average molecular weight is 262 g/mol. The van der Waals surface area contributed by atoms with Gasteiger partial charge in [0.05, 0.1) is 4.75 Å². The fourth-order valence-electron chi connectivity index (χ4n) is 1.70. The number of nitrogens with one attached hydrogen (secondary N) is 1. The molecule has 0 aliphatic carbocycles. The second-order valence-corrected chi connectivity index (χ2v) is 7.62. The van der Waals surface area contributed by atoms with Gasteiger partial charge in [0.15, 0.2) is 9.84 Å². The topological polar surface area (TPSA) is 72.2 Å². The fraction of sp³-hybridized carbons (Fsp3) is 0.833. The predicted octanol–water partition coefficient (Wildman–Crippen LogP) is 1.78. The normalized spacial score (nSPS) is 14.6. The first-order valence-corrected chi connectivity index (χ1v) is 7.93. The van der Waals surface area contributed by atoms with Crippen molar-refractivity contribution in [3.8, 4) is 0 Å². The van der Waals surface area contributed by atoms with Crippen LogP contribution in [0.2, 0.25) is 0 Å². The summed E-state index contributed by atoms with van der Waals surface area (Å²) >= 11 is 0. The highest BCUT2D eigenvalue weighted by atomic mass is 32.2. The van der Waals surface area contributed by atoms with E-state index >= 15 is 0 Å². The lowest BCUT2D eigenvalue weighted by molar-refractivity contribution is 0.381.